The predicted molar refractivity (Wildman–Crippen MR) is 166 cm³/mol. The molecule has 0 amide bonds. The van der Waals surface area contributed by atoms with Crippen molar-refractivity contribution in [1.82, 2.24) is 25.0 Å². The third-order valence-corrected chi connectivity index (χ3v) is 9.50. The lowest BCUT2D eigenvalue weighted by Crippen LogP contribution is -2.63. The summed E-state index contributed by atoms with van der Waals surface area (Å²) in [5, 5.41) is 16.2. The number of piperazine rings is 1. The van der Waals surface area contributed by atoms with Crippen molar-refractivity contribution in [2.45, 2.75) is 46.2 Å². The molecule has 2 atom stereocenters. The lowest BCUT2D eigenvalue weighted by Gasteiger charge is -2.50. The summed E-state index contributed by atoms with van der Waals surface area (Å²) in [6.07, 6.45) is 2.53. The molecule has 2 fully saturated rings. The molecule has 0 unspecified atom stereocenters. The van der Waals surface area contributed by atoms with Crippen molar-refractivity contribution in [1.29, 1.82) is 0 Å². The highest BCUT2D eigenvalue weighted by Crippen LogP contribution is 2.36. The molecule has 0 aliphatic carbocycles. The smallest absolute Gasteiger partial charge is 0.338 e. The molecule has 2 N–H and O–H groups in total. The number of carboxylic acids is 1. The number of carboxylic acid groups (broad SMARTS) is 1. The fourth-order valence-electron chi connectivity index (χ4n) is 5.82. The number of ether oxygens (including phenoxy) is 1. The van der Waals surface area contributed by atoms with Crippen molar-refractivity contribution >= 4 is 46.4 Å². The Kier molecular flexibility index (Phi) is 9.14. The molecular formula is C30H37FN6O4S2. The number of benzene rings is 1. The molecule has 2 saturated heterocycles. The fourth-order valence-corrected chi connectivity index (χ4v) is 6.81. The van der Waals surface area contributed by atoms with Crippen LogP contribution in [0.15, 0.2) is 46.0 Å². The van der Waals surface area contributed by atoms with Crippen LogP contribution in [0, 0.1) is 18.2 Å². The van der Waals surface area contributed by atoms with Crippen molar-refractivity contribution in [3.05, 3.63) is 63.0 Å². The van der Waals surface area contributed by atoms with Gasteiger partial charge in [-0.05, 0) is 63.5 Å². The van der Waals surface area contributed by atoms with E-state index in [4.69, 9.17) is 21.9 Å². The average molecular weight is 629 g/mol. The summed E-state index contributed by atoms with van der Waals surface area (Å²) >= 11 is 7.25. The number of aliphatic carboxylic acids is 1. The molecule has 0 bridgehead atoms. The molecule has 0 radical (unpaired) electrons. The van der Waals surface area contributed by atoms with Crippen LogP contribution in [0.3, 0.4) is 0 Å². The number of nitrogens with one attached hydrogen (secondary N) is 1. The number of fused-ring (bicyclic) bond motifs is 1. The first-order valence-corrected chi connectivity index (χ1v) is 15.7. The monoisotopic (exact) mass is 628 g/mol. The Bertz CT molecular complexity index is 1460. The molecule has 3 aliphatic heterocycles. The van der Waals surface area contributed by atoms with Crippen LogP contribution in [0.2, 0.25) is 0 Å². The van der Waals surface area contributed by atoms with Gasteiger partial charge in [0.1, 0.15) is 11.9 Å². The molecule has 13 heteroatoms. The van der Waals surface area contributed by atoms with Crippen molar-refractivity contribution < 1.29 is 23.8 Å². The molecule has 10 nitrogen and oxygen atoms in total. The van der Waals surface area contributed by atoms with E-state index in [2.05, 4.69) is 20.1 Å². The number of rotatable bonds is 9. The highest BCUT2D eigenvalue weighted by molar-refractivity contribution is 7.80. The van der Waals surface area contributed by atoms with Gasteiger partial charge in [-0.1, -0.05) is 12.1 Å². The fraction of sp³-hybridized carbons (Fsp3) is 0.500. The number of hydrogen-bond donors (Lipinski definition) is 2. The number of nitrogens with zero attached hydrogens (tertiary/aromatic N) is 5. The van der Waals surface area contributed by atoms with Gasteiger partial charge in [0.15, 0.2) is 16.0 Å². The molecule has 2 aromatic rings. The number of thiazole rings is 1. The molecule has 1 aromatic carbocycles. The standard InChI is InChI=1S/C30H37FN6O4S2/c1-5-41-27(38)23-22(33-25(26-32-10-14-43-26)34-24(23)20-7-6-8-21(31)18(20)2)16-35-12-13-37-19(15-35)9-11-36(29(37)42)17-30(3,4)28(39)40/h6-8,10,14,19,24H,5,9,11-13,15-17H2,1-4H3,(H,33,34)(H,39,40)/t19-,24+/m1/s1. The van der Waals surface area contributed by atoms with Crippen LogP contribution in [-0.2, 0) is 14.3 Å². The second-order valence-electron chi connectivity index (χ2n) is 11.7. The van der Waals surface area contributed by atoms with Gasteiger partial charge in [-0.2, -0.15) is 0 Å². The van der Waals surface area contributed by atoms with Gasteiger partial charge >= 0.3 is 11.9 Å². The second kappa shape index (κ2) is 12.7. The maximum atomic E-state index is 14.7. The van der Waals surface area contributed by atoms with Gasteiger partial charge in [0.05, 0.1) is 17.6 Å². The zero-order chi connectivity index (χ0) is 30.9. The average Bonchev–Trinajstić information content (AvgIpc) is 3.51. The normalized spacial score (nSPS) is 21.3. The number of carbonyl (C=O) groups excluding carboxylic acids is 1. The molecule has 3 aliphatic rings. The highest BCUT2D eigenvalue weighted by atomic mass is 32.1. The minimum atomic E-state index is -0.908. The third kappa shape index (κ3) is 6.43. The Morgan fingerprint density at radius 2 is 2.07 bits per heavy atom. The first kappa shape index (κ1) is 31.0. The molecule has 5 rings (SSSR count). The quantitative estimate of drug-likeness (QED) is 0.316. The number of hydrogen-bond acceptors (Lipinski definition) is 9. The summed E-state index contributed by atoms with van der Waals surface area (Å²) in [6, 6.07) is 4.23. The predicted octanol–water partition coefficient (Wildman–Crippen LogP) is 3.59. The summed E-state index contributed by atoms with van der Waals surface area (Å²) < 4.78 is 20.2. The highest BCUT2D eigenvalue weighted by Gasteiger charge is 2.40. The van der Waals surface area contributed by atoms with Crippen LogP contribution in [0.25, 0.3) is 0 Å². The van der Waals surface area contributed by atoms with Crippen molar-refractivity contribution in [2.75, 3.05) is 45.9 Å². The van der Waals surface area contributed by atoms with Gasteiger partial charge in [0.25, 0.3) is 0 Å². The summed E-state index contributed by atoms with van der Waals surface area (Å²) in [5.74, 6) is -1.17. The Morgan fingerprint density at radius 3 is 2.77 bits per heavy atom. The van der Waals surface area contributed by atoms with Gasteiger partial charge in [-0.15, -0.1) is 11.3 Å². The van der Waals surface area contributed by atoms with E-state index in [9.17, 15) is 19.1 Å². The van der Waals surface area contributed by atoms with Crippen LogP contribution in [0.5, 0.6) is 0 Å². The summed E-state index contributed by atoms with van der Waals surface area (Å²) in [5.41, 5.74) is 1.14. The molecule has 43 heavy (non-hydrogen) atoms. The maximum absolute atomic E-state index is 14.7. The first-order chi connectivity index (χ1) is 20.5. The Labute approximate surface area is 260 Å². The van der Waals surface area contributed by atoms with Crippen LogP contribution < -0.4 is 5.32 Å². The first-order valence-electron chi connectivity index (χ1n) is 14.4. The third-order valence-electron chi connectivity index (χ3n) is 8.22. The summed E-state index contributed by atoms with van der Waals surface area (Å²) in [6.45, 7) is 10.6. The number of amidine groups is 1. The number of halogens is 1. The number of aliphatic imine (C=N–C) groups is 1. The van der Waals surface area contributed by atoms with Gasteiger partial charge < -0.3 is 25.0 Å². The zero-order valence-corrected chi connectivity index (χ0v) is 26.4. The van der Waals surface area contributed by atoms with E-state index in [1.54, 1.807) is 46.0 Å². The second-order valence-corrected chi connectivity index (χ2v) is 12.9. The lowest BCUT2D eigenvalue weighted by molar-refractivity contribution is -0.147. The molecule has 0 saturated carbocycles. The van der Waals surface area contributed by atoms with Crippen LogP contribution >= 0.6 is 23.6 Å². The molecule has 4 heterocycles. The van der Waals surface area contributed by atoms with Crippen LogP contribution in [0.4, 0.5) is 4.39 Å². The van der Waals surface area contributed by atoms with Crippen molar-refractivity contribution in [3.8, 4) is 0 Å². The maximum Gasteiger partial charge on any atom is 0.338 e. The van der Waals surface area contributed by atoms with E-state index in [0.717, 1.165) is 6.42 Å². The van der Waals surface area contributed by atoms with Gasteiger partial charge in [-0.25, -0.2) is 14.2 Å². The van der Waals surface area contributed by atoms with E-state index in [-0.39, 0.29) is 18.5 Å². The lowest BCUT2D eigenvalue weighted by atomic mass is 9.91. The number of carbonyl (C=O) groups is 2. The molecule has 1 aromatic heterocycles. The Balaban J connectivity index is 1.42. The number of aromatic nitrogens is 1. The van der Waals surface area contributed by atoms with Crippen LogP contribution in [0.1, 0.15) is 49.4 Å². The topological polar surface area (TPSA) is 111 Å². The van der Waals surface area contributed by atoms with Crippen LogP contribution in [-0.4, -0.2) is 99.6 Å². The Morgan fingerprint density at radius 1 is 1.28 bits per heavy atom. The summed E-state index contributed by atoms with van der Waals surface area (Å²) in [4.78, 5) is 41.0. The zero-order valence-electron chi connectivity index (χ0n) is 24.8. The van der Waals surface area contributed by atoms with Gasteiger partial charge in [0, 0.05) is 62.6 Å². The minimum absolute atomic E-state index is 0.161. The van der Waals surface area contributed by atoms with E-state index in [1.165, 1.54) is 17.4 Å². The van der Waals surface area contributed by atoms with Crippen molar-refractivity contribution in [2.24, 2.45) is 10.4 Å². The van der Waals surface area contributed by atoms with E-state index in [1.807, 2.05) is 10.3 Å². The van der Waals surface area contributed by atoms with Crippen molar-refractivity contribution in [3.63, 3.8) is 0 Å². The van der Waals surface area contributed by atoms with Gasteiger partial charge in [0.2, 0.25) is 0 Å². The molecule has 230 valence electrons. The largest absolute Gasteiger partial charge is 0.481 e. The van der Waals surface area contributed by atoms with E-state index >= 15 is 0 Å². The minimum Gasteiger partial charge on any atom is -0.481 e. The molecule has 0 spiro atoms. The summed E-state index contributed by atoms with van der Waals surface area (Å²) in [7, 11) is 0. The SMILES string of the molecule is CCOC(=O)C1=C(CN2CCN3C(=S)N(CC(C)(C)C(=O)O)CC[C@@H]3C2)NC(c2nccs2)=N[C@H]1c1cccc(F)c1C. The Hall–Kier alpha value is -3.42. The molecular weight excluding hydrogens is 592 g/mol. The number of esters is 1. The van der Waals surface area contributed by atoms with E-state index in [0.29, 0.717) is 77.6 Å². The van der Waals surface area contributed by atoms with E-state index < -0.39 is 23.4 Å². The number of thiocarbonyl (C=S) groups is 1. The van der Waals surface area contributed by atoms with Gasteiger partial charge in [-0.3, -0.25) is 14.7 Å².